The summed E-state index contributed by atoms with van der Waals surface area (Å²) in [4.78, 5) is 1.88. The zero-order valence-corrected chi connectivity index (χ0v) is 11.2. The number of halogens is 3. The van der Waals surface area contributed by atoms with E-state index in [1.165, 1.54) is 6.07 Å². The minimum absolute atomic E-state index is 0.0984. The van der Waals surface area contributed by atoms with Crippen LogP contribution in [0.25, 0.3) is 0 Å². The van der Waals surface area contributed by atoms with E-state index >= 15 is 0 Å². The zero-order valence-electron chi connectivity index (χ0n) is 11.2. The predicted molar refractivity (Wildman–Crippen MR) is 74.5 cm³/mol. The Kier molecular flexibility index (Phi) is 3.37. The maximum absolute atomic E-state index is 13.1. The third-order valence-corrected chi connectivity index (χ3v) is 3.77. The highest BCUT2D eigenvalue weighted by molar-refractivity contribution is 5.70. The van der Waals surface area contributed by atoms with Gasteiger partial charge in [-0.3, -0.25) is 0 Å². The quantitative estimate of drug-likeness (QED) is 0.908. The Bertz CT molecular complexity index is 667. The SMILES string of the molecule is OCc1ccc(N2CCc3ccccc32)cc1C(F)(F)F. The van der Waals surface area contributed by atoms with Crippen LogP contribution in [0.4, 0.5) is 24.5 Å². The van der Waals surface area contributed by atoms with Gasteiger partial charge in [0, 0.05) is 17.9 Å². The molecule has 0 aromatic heterocycles. The summed E-state index contributed by atoms with van der Waals surface area (Å²) in [7, 11) is 0. The largest absolute Gasteiger partial charge is 0.416 e. The maximum Gasteiger partial charge on any atom is 0.416 e. The van der Waals surface area contributed by atoms with E-state index in [0.717, 1.165) is 23.7 Å². The van der Waals surface area contributed by atoms with Crippen LogP contribution in [0.5, 0.6) is 0 Å². The van der Waals surface area contributed by atoms with Crippen LogP contribution in [0.15, 0.2) is 42.5 Å². The van der Waals surface area contributed by atoms with Crippen molar-refractivity contribution >= 4 is 11.4 Å². The number of rotatable bonds is 2. The number of hydrogen-bond acceptors (Lipinski definition) is 2. The van der Waals surface area contributed by atoms with Gasteiger partial charge in [-0.25, -0.2) is 0 Å². The van der Waals surface area contributed by atoms with Crippen LogP contribution >= 0.6 is 0 Å². The predicted octanol–water partition coefficient (Wildman–Crippen LogP) is 3.89. The van der Waals surface area contributed by atoms with Crippen LogP contribution in [0, 0.1) is 0 Å². The first kappa shape index (κ1) is 13.9. The van der Waals surface area contributed by atoms with E-state index in [-0.39, 0.29) is 5.56 Å². The van der Waals surface area contributed by atoms with Crippen molar-refractivity contribution in [2.24, 2.45) is 0 Å². The normalized spacial score (nSPS) is 14.4. The van der Waals surface area contributed by atoms with Gasteiger partial charge in [-0.2, -0.15) is 13.2 Å². The fourth-order valence-electron chi connectivity index (χ4n) is 2.74. The van der Waals surface area contributed by atoms with E-state index < -0.39 is 18.3 Å². The molecule has 0 bridgehead atoms. The minimum atomic E-state index is -4.46. The first-order chi connectivity index (χ1) is 10.0. The monoisotopic (exact) mass is 293 g/mol. The third kappa shape index (κ3) is 2.49. The molecule has 2 aromatic carbocycles. The zero-order chi connectivity index (χ0) is 15.0. The molecule has 0 aliphatic carbocycles. The van der Waals surface area contributed by atoms with Crippen molar-refractivity contribution in [3.8, 4) is 0 Å². The first-order valence-corrected chi connectivity index (χ1v) is 6.67. The van der Waals surface area contributed by atoms with Crippen molar-refractivity contribution in [3.63, 3.8) is 0 Å². The van der Waals surface area contributed by atoms with E-state index in [4.69, 9.17) is 5.11 Å². The van der Waals surface area contributed by atoms with Gasteiger partial charge in [-0.1, -0.05) is 24.3 Å². The van der Waals surface area contributed by atoms with Crippen LogP contribution in [-0.2, 0) is 19.2 Å². The van der Waals surface area contributed by atoms with E-state index in [1.807, 2.05) is 29.2 Å². The van der Waals surface area contributed by atoms with Crippen molar-refractivity contribution in [2.45, 2.75) is 19.2 Å². The number of para-hydroxylation sites is 1. The van der Waals surface area contributed by atoms with Crippen LogP contribution in [0.3, 0.4) is 0 Å². The Morgan fingerprint density at radius 3 is 2.57 bits per heavy atom. The molecule has 0 amide bonds. The molecule has 2 aromatic rings. The molecule has 0 radical (unpaired) electrons. The van der Waals surface area contributed by atoms with Gasteiger partial charge < -0.3 is 10.0 Å². The van der Waals surface area contributed by atoms with Crippen LogP contribution in [0.2, 0.25) is 0 Å². The third-order valence-electron chi connectivity index (χ3n) is 3.77. The van der Waals surface area contributed by atoms with Crippen molar-refractivity contribution in [1.29, 1.82) is 0 Å². The Hall–Kier alpha value is -2.01. The maximum atomic E-state index is 13.1. The Morgan fingerprint density at radius 2 is 1.86 bits per heavy atom. The van der Waals surface area contributed by atoms with Gasteiger partial charge in [0.2, 0.25) is 0 Å². The molecule has 3 rings (SSSR count). The molecule has 1 N–H and O–H groups in total. The average molecular weight is 293 g/mol. The topological polar surface area (TPSA) is 23.5 Å². The summed E-state index contributed by atoms with van der Waals surface area (Å²) in [5, 5.41) is 9.08. The van der Waals surface area contributed by atoms with E-state index in [0.29, 0.717) is 12.2 Å². The molecule has 0 saturated carbocycles. The Labute approximate surface area is 120 Å². The molecule has 1 aliphatic rings. The van der Waals surface area contributed by atoms with Gasteiger partial charge in [0.25, 0.3) is 0 Å². The van der Waals surface area contributed by atoms with E-state index in [9.17, 15) is 13.2 Å². The highest BCUT2D eigenvalue weighted by atomic mass is 19.4. The van der Waals surface area contributed by atoms with Crippen LogP contribution in [-0.4, -0.2) is 11.7 Å². The lowest BCUT2D eigenvalue weighted by molar-refractivity contribution is -0.138. The van der Waals surface area contributed by atoms with Crippen molar-refractivity contribution in [2.75, 3.05) is 11.4 Å². The molecule has 21 heavy (non-hydrogen) atoms. The lowest BCUT2D eigenvalue weighted by Crippen LogP contribution is -2.16. The van der Waals surface area contributed by atoms with Gasteiger partial charge in [-0.15, -0.1) is 0 Å². The van der Waals surface area contributed by atoms with Gasteiger partial charge >= 0.3 is 6.18 Å². The number of benzene rings is 2. The fourth-order valence-corrected chi connectivity index (χ4v) is 2.74. The molecule has 0 fully saturated rings. The van der Waals surface area contributed by atoms with Gasteiger partial charge in [0.15, 0.2) is 0 Å². The molecule has 0 atom stereocenters. The molecule has 5 heteroatoms. The molecule has 1 heterocycles. The van der Waals surface area contributed by atoms with Gasteiger partial charge in [0.05, 0.1) is 12.2 Å². The number of aliphatic hydroxyl groups is 1. The highest BCUT2D eigenvalue weighted by Crippen LogP contribution is 2.39. The lowest BCUT2D eigenvalue weighted by atomic mass is 10.1. The molecule has 110 valence electrons. The minimum Gasteiger partial charge on any atom is -0.392 e. The first-order valence-electron chi connectivity index (χ1n) is 6.67. The number of alkyl halides is 3. The van der Waals surface area contributed by atoms with Crippen LogP contribution in [0.1, 0.15) is 16.7 Å². The molecule has 0 saturated heterocycles. The Balaban J connectivity index is 2.05. The van der Waals surface area contributed by atoms with Crippen molar-refractivity contribution < 1.29 is 18.3 Å². The van der Waals surface area contributed by atoms with Crippen LogP contribution < -0.4 is 4.90 Å². The van der Waals surface area contributed by atoms with Crippen molar-refractivity contribution in [1.82, 2.24) is 0 Å². The summed E-state index contributed by atoms with van der Waals surface area (Å²) in [6.45, 7) is 0.0425. The van der Waals surface area contributed by atoms with Gasteiger partial charge in [-0.05, 0) is 35.7 Å². The second kappa shape index (κ2) is 5.07. The molecule has 0 spiro atoms. The summed E-state index contributed by atoms with van der Waals surface area (Å²) in [6, 6.07) is 11.8. The number of aliphatic hydroxyl groups excluding tert-OH is 1. The highest BCUT2D eigenvalue weighted by Gasteiger charge is 2.34. The summed E-state index contributed by atoms with van der Waals surface area (Å²) >= 11 is 0. The summed E-state index contributed by atoms with van der Waals surface area (Å²) in [5.41, 5.74) is 1.72. The van der Waals surface area contributed by atoms with Gasteiger partial charge in [0.1, 0.15) is 0 Å². The number of nitrogens with zero attached hydrogens (tertiary/aromatic N) is 1. The number of anilines is 2. The van der Waals surface area contributed by atoms with E-state index in [1.54, 1.807) is 6.07 Å². The lowest BCUT2D eigenvalue weighted by Gasteiger charge is -2.22. The molecular weight excluding hydrogens is 279 g/mol. The standard InChI is InChI=1S/C16H14F3NO/c17-16(18,19)14-9-13(6-5-12(14)10-21)20-8-7-11-3-1-2-4-15(11)20/h1-6,9,21H,7-8,10H2. The molecule has 1 aliphatic heterocycles. The van der Waals surface area contributed by atoms with Crippen molar-refractivity contribution in [3.05, 3.63) is 59.2 Å². The second-order valence-electron chi connectivity index (χ2n) is 5.03. The van der Waals surface area contributed by atoms with E-state index in [2.05, 4.69) is 0 Å². The smallest absolute Gasteiger partial charge is 0.392 e. The fraction of sp³-hybridized carbons (Fsp3) is 0.250. The number of fused-ring (bicyclic) bond motifs is 1. The molecule has 2 nitrogen and oxygen atoms in total. The second-order valence-corrected chi connectivity index (χ2v) is 5.03. The number of hydrogen-bond donors (Lipinski definition) is 1. The molecule has 0 unspecified atom stereocenters. The summed E-state index contributed by atoms with van der Waals surface area (Å²) in [5.74, 6) is 0. The summed E-state index contributed by atoms with van der Waals surface area (Å²) in [6.07, 6.45) is -3.65. The summed E-state index contributed by atoms with van der Waals surface area (Å²) < 4.78 is 39.2. The Morgan fingerprint density at radius 1 is 1.10 bits per heavy atom. The molecular formula is C16H14F3NO. The average Bonchev–Trinajstić information content (AvgIpc) is 2.89.